The third kappa shape index (κ3) is 2.46. The molecule has 1 aromatic rings. The number of alkyl halides is 2. The maximum Gasteiger partial charge on any atom is 0.341 e. The zero-order valence-electron chi connectivity index (χ0n) is 8.46. The molecule has 1 rings (SSSR count). The molecule has 88 valence electrons. The average Bonchev–Trinajstić information content (AvgIpc) is 2.26. The van der Waals surface area contributed by atoms with Crippen molar-refractivity contribution in [2.75, 3.05) is 14.2 Å². The molecule has 0 spiro atoms. The maximum absolute atomic E-state index is 12.7. The van der Waals surface area contributed by atoms with Crippen molar-refractivity contribution in [3.63, 3.8) is 0 Å². The van der Waals surface area contributed by atoms with Gasteiger partial charge in [0.25, 0.3) is 6.43 Å². The third-order valence-corrected chi connectivity index (χ3v) is 2.41. The van der Waals surface area contributed by atoms with Gasteiger partial charge in [0.05, 0.1) is 14.2 Å². The molecule has 1 aromatic heterocycles. The molecule has 0 aliphatic rings. The van der Waals surface area contributed by atoms with Gasteiger partial charge in [-0.2, -0.15) is 0 Å². The highest BCUT2D eigenvalue weighted by atomic mass is 79.9. The second-order valence-electron chi connectivity index (χ2n) is 2.70. The van der Waals surface area contributed by atoms with Gasteiger partial charge in [0.1, 0.15) is 11.3 Å². The number of aromatic nitrogens is 1. The lowest BCUT2D eigenvalue weighted by Gasteiger charge is -2.10. The van der Waals surface area contributed by atoms with Crippen molar-refractivity contribution < 1.29 is 23.0 Å². The normalized spacial score (nSPS) is 10.4. The summed E-state index contributed by atoms with van der Waals surface area (Å²) in [6.07, 6.45) is -2.89. The van der Waals surface area contributed by atoms with Crippen LogP contribution in [0.3, 0.4) is 0 Å². The Morgan fingerprint density at radius 1 is 1.50 bits per heavy atom. The summed E-state index contributed by atoms with van der Waals surface area (Å²) < 4.78 is 34.6. The highest BCUT2D eigenvalue weighted by molar-refractivity contribution is 9.10. The van der Waals surface area contributed by atoms with Crippen LogP contribution in [-0.2, 0) is 4.74 Å². The molecule has 7 heteroatoms. The molecule has 0 saturated heterocycles. The number of pyridine rings is 1. The summed E-state index contributed by atoms with van der Waals surface area (Å²) in [4.78, 5) is 14.8. The van der Waals surface area contributed by atoms with Gasteiger partial charge in [-0.15, -0.1) is 0 Å². The summed E-state index contributed by atoms with van der Waals surface area (Å²) in [6.45, 7) is 0. The molecule has 0 aliphatic heterocycles. The fourth-order valence-corrected chi connectivity index (χ4v) is 1.64. The largest absolute Gasteiger partial charge is 0.481 e. The van der Waals surface area contributed by atoms with E-state index in [9.17, 15) is 13.6 Å². The Balaban J connectivity index is 3.39. The number of hydrogen-bond donors (Lipinski definition) is 0. The molecular formula is C9H8BrF2NO3. The van der Waals surface area contributed by atoms with Crippen LogP contribution >= 0.6 is 15.9 Å². The summed E-state index contributed by atoms with van der Waals surface area (Å²) in [6, 6.07) is 1.32. The van der Waals surface area contributed by atoms with Gasteiger partial charge in [-0.25, -0.2) is 18.6 Å². The molecule has 0 N–H and O–H groups in total. The molecule has 0 bridgehead atoms. The number of esters is 1. The van der Waals surface area contributed by atoms with Gasteiger partial charge in [0.2, 0.25) is 5.88 Å². The quantitative estimate of drug-likeness (QED) is 0.804. The predicted molar refractivity (Wildman–Crippen MR) is 54.8 cm³/mol. The van der Waals surface area contributed by atoms with E-state index in [1.54, 1.807) is 0 Å². The Hall–Kier alpha value is -1.24. The first-order chi connectivity index (χ1) is 7.51. The van der Waals surface area contributed by atoms with Gasteiger partial charge in [0.15, 0.2) is 0 Å². The molecule has 0 unspecified atom stereocenters. The maximum atomic E-state index is 12.7. The first-order valence-electron chi connectivity index (χ1n) is 4.12. The third-order valence-electron chi connectivity index (χ3n) is 1.78. The smallest absolute Gasteiger partial charge is 0.341 e. The van der Waals surface area contributed by atoms with E-state index in [2.05, 4.69) is 25.7 Å². The molecule has 1 heterocycles. The number of carbonyl (C=O) groups excluding carboxylic acids is 1. The van der Waals surface area contributed by atoms with Crippen LogP contribution in [0, 0.1) is 0 Å². The Labute approximate surface area is 98.7 Å². The molecule has 16 heavy (non-hydrogen) atoms. The summed E-state index contributed by atoms with van der Waals surface area (Å²) >= 11 is 2.99. The summed E-state index contributed by atoms with van der Waals surface area (Å²) in [5.41, 5.74) is -0.962. The van der Waals surface area contributed by atoms with Crippen molar-refractivity contribution in [3.05, 3.63) is 21.8 Å². The van der Waals surface area contributed by atoms with Gasteiger partial charge in [-0.3, -0.25) is 0 Å². The standard InChI is InChI=1S/C9H8BrF2NO3/c1-15-5-3-4(10)6(9(14)16-2)7(13-5)8(11)12/h3,8H,1-2H3. The van der Waals surface area contributed by atoms with Crippen LogP contribution in [0.25, 0.3) is 0 Å². The minimum absolute atomic E-state index is 0.00479. The zero-order valence-corrected chi connectivity index (χ0v) is 10.0. The number of carbonyl (C=O) groups is 1. The van der Waals surface area contributed by atoms with Crippen LogP contribution in [0.15, 0.2) is 10.5 Å². The molecule has 0 atom stereocenters. The van der Waals surface area contributed by atoms with Crippen molar-refractivity contribution in [3.8, 4) is 5.88 Å². The van der Waals surface area contributed by atoms with Gasteiger partial charge < -0.3 is 9.47 Å². The van der Waals surface area contributed by atoms with Crippen LogP contribution in [0.1, 0.15) is 22.5 Å². The number of methoxy groups -OCH3 is 2. The van der Waals surface area contributed by atoms with Crippen molar-refractivity contribution in [1.29, 1.82) is 0 Å². The lowest BCUT2D eigenvalue weighted by molar-refractivity contribution is 0.0585. The Morgan fingerprint density at radius 3 is 2.56 bits per heavy atom. The highest BCUT2D eigenvalue weighted by Gasteiger charge is 2.25. The summed E-state index contributed by atoms with van der Waals surface area (Å²) in [5.74, 6) is -0.882. The number of rotatable bonds is 3. The Kier molecular flexibility index (Phi) is 4.17. The zero-order chi connectivity index (χ0) is 12.3. The van der Waals surface area contributed by atoms with Gasteiger partial charge in [0, 0.05) is 10.5 Å². The molecule has 0 saturated carbocycles. The molecule has 0 aromatic carbocycles. The lowest BCUT2D eigenvalue weighted by Crippen LogP contribution is -2.10. The number of nitrogens with zero attached hydrogens (tertiary/aromatic N) is 1. The van der Waals surface area contributed by atoms with Crippen LogP contribution in [0.2, 0.25) is 0 Å². The van der Waals surface area contributed by atoms with E-state index < -0.39 is 18.1 Å². The topological polar surface area (TPSA) is 48.4 Å². The van der Waals surface area contributed by atoms with Crippen molar-refractivity contribution >= 4 is 21.9 Å². The summed E-state index contributed by atoms with van der Waals surface area (Å²) in [5, 5.41) is 0. The van der Waals surface area contributed by atoms with Crippen molar-refractivity contribution in [2.45, 2.75) is 6.43 Å². The number of ether oxygens (including phenoxy) is 2. The number of halogens is 3. The first-order valence-corrected chi connectivity index (χ1v) is 4.91. The second kappa shape index (κ2) is 5.20. The van der Waals surface area contributed by atoms with E-state index in [0.717, 1.165) is 7.11 Å². The van der Waals surface area contributed by atoms with E-state index in [1.165, 1.54) is 13.2 Å². The summed E-state index contributed by atoms with van der Waals surface area (Å²) in [7, 11) is 2.40. The van der Waals surface area contributed by atoms with E-state index in [-0.39, 0.29) is 15.9 Å². The first kappa shape index (κ1) is 12.8. The molecular weight excluding hydrogens is 288 g/mol. The van der Waals surface area contributed by atoms with Gasteiger partial charge >= 0.3 is 5.97 Å². The van der Waals surface area contributed by atoms with Gasteiger partial charge in [-0.05, 0) is 15.9 Å². The lowest BCUT2D eigenvalue weighted by atomic mass is 10.2. The Bertz CT molecular complexity index is 412. The van der Waals surface area contributed by atoms with Crippen molar-refractivity contribution in [1.82, 2.24) is 4.98 Å². The van der Waals surface area contributed by atoms with Crippen LogP contribution < -0.4 is 4.74 Å². The van der Waals surface area contributed by atoms with E-state index in [1.807, 2.05) is 0 Å². The highest BCUT2D eigenvalue weighted by Crippen LogP contribution is 2.30. The minimum Gasteiger partial charge on any atom is -0.481 e. The van der Waals surface area contributed by atoms with Crippen LogP contribution in [-0.4, -0.2) is 25.2 Å². The molecule has 0 radical (unpaired) electrons. The SMILES string of the molecule is COC(=O)c1c(Br)cc(OC)nc1C(F)F. The monoisotopic (exact) mass is 295 g/mol. The predicted octanol–water partition coefficient (Wildman–Crippen LogP) is 2.58. The molecule has 4 nitrogen and oxygen atoms in total. The Morgan fingerprint density at radius 2 is 2.12 bits per heavy atom. The fraction of sp³-hybridized carbons (Fsp3) is 0.333. The number of hydrogen-bond acceptors (Lipinski definition) is 4. The second-order valence-corrected chi connectivity index (χ2v) is 3.55. The van der Waals surface area contributed by atoms with E-state index in [0.29, 0.717) is 0 Å². The molecule has 0 fully saturated rings. The average molecular weight is 296 g/mol. The van der Waals surface area contributed by atoms with Crippen LogP contribution in [0.5, 0.6) is 5.88 Å². The fourth-order valence-electron chi connectivity index (χ4n) is 1.08. The van der Waals surface area contributed by atoms with E-state index in [4.69, 9.17) is 4.74 Å². The van der Waals surface area contributed by atoms with Gasteiger partial charge in [-0.1, -0.05) is 0 Å². The molecule has 0 aliphatic carbocycles. The molecule has 0 amide bonds. The van der Waals surface area contributed by atoms with E-state index >= 15 is 0 Å². The van der Waals surface area contributed by atoms with Crippen LogP contribution in [0.4, 0.5) is 8.78 Å². The minimum atomic E-state index is -2.89. The van der Waals surface area contributed by atoms with Crippen molar-refractivity contribution in [2.24, 2.45) is 0 Å².